The lowest BCUT2D eigenvalue weighted by Gasteiger charge is -2.01. The van der Waals surface area contributed by atoms with Crippen LogP contribution in [0.2, 0.25) is 0 Å². The van der Waals surface area contributed by atoms with E-state index in [2.05, 4.69) is 19.1 Å². The van der Waals surface area contributed by atoms with E-state index in [-0.39, 0.29) is 0 Å². The smallest absolute Gasteiger partial charge is 0.142 e. The molecular weight excluding hydrogens is 256 g/mol. The summed E-state index contributed by atoms with van der Waals surface area (Å²) in [6, 6.07) is 0. The van der Waals surface area contributed by atoms with Gasteiger partial charge in [-0.25, -0.2) is 0 Å². The first-order valence-electron chi connectivity index (χ1n) is 9.17. The molecule has 0 saturated carbocycles. The minimum absolute atomic E-state index is 0.842. The van der Waals surface area contributed by atoms with Gasteiger partial charge in [-0.05, 0) is 31.8 Å². The standard InChI is InChI=1S/C20H36O/c1-2-3-4-5-6-7-8-9-10-11-12-13-14-15-16-17-18-19-20-21/h14-15,18-20H,2-13,16-17H2,1H3/b15-14+,19-18+. The van der Waals surface area contributed by atoms with Crippen LogP contribution in [0.4, 0.5) is 0 Å². The van der Waals surface area contributed by atoms with Gasteiger partial charge in [-0.2, -0.15) is 0 Å². The molecule has 0 bridgehead atoms. The zero-order valence-electron chi connectivity index (χ0n) is 14.2. The first kappa shape index (κ1) is 20.1. The Hall–Kier alpha value is -0.850. The quantitative estimate of drug-likeness (QED) is 0.133. The van der Waals surface area contributed by atoms with Crippen molar-refractivity contribution in [3.05, 3.63) is 24.3 Å². The number of carbonyl (C=O) groups excluding carboxylic acids is 1. The molecule has 0 aromatic carbocycles. The van der Waals surface area contributed by atoms with Gasteiger partial charge in [0.05, 0.1) is 0 Å². The first-order valence-corrected chi connectivity index (χ1v) is 9.17. The minimum Gasteiger partial charge on any atom is -0.299 e. The summed E-state index contributed by atoms with van der Waals surface area (Å²) >= 11 is 0. The van der Waals surface area contributed by atoms with Crippen LogP contribution >= 0.6 is 0 Å². The summed E-state index contributed by atoms with van der Waals surface area (Å²) in [6.07, 6.45) is 27.7. The van der Waals surface area contributed by atoms with Gasteiger partial charge < -0.3 is 0 Å². The van der Waals surface area contributed by atoms with Crippen LogP contribution in [0.5, 0.6) is 0 Å². The van der Waals surface area contributed by atoms with E-state index in [1.807, 2.05) is 6.08 Å². The zero-order valence-corrected chi connectivity index (χ0v) is 14.2. The van der Waals surface area contributed by atoms with Gasteiger partial charge in [-0.3, -0.25) is 4.79 Å². The highest BCUT2D eigenvalue weighted by atomic mass is 16.1. The van der Waals surface area contributed by atoms with Crippen LogP contribution in [-0.4, -0.2) is 6.29 Å². The van der Waals surface area contributed by atoms with Crippen LogP contribution in [0, 0.1) is 0 Å². The van der Waals surface area contributed by atoms with Crippen molar-refractivity contribution in [3.8, 4) is 0 Å². The van der Waals surface area contributed by atoms with Gasteiger partial charge >= 0.3 is 0 Å². The van der Waals surface area contributed by atoms with Crippen molar-refractivity contribution in [1.29, 1.82) is 0 Å². The molecule has 0 atom stereocenters. The maximum Gasteiger partial charge on any atom is 0.142 e. The largest absolute Gasteiger partial charge is 0.299 e. The number of carbonyl (C=O) groups is 1. The molecule has 0 heterocycles. The highest BCUT2D eigenvalue weighted by molar-refractivity contribution is 5.64. The Morgan fingerprint density at radius 1 is 0.571 bits per heavy atom. The SMILES string of the molecule is CCCCCCCCCCCCC/C=C/CC/C=C/C=O. The van der Waals surface area contributed by atoms with Gasteiger partial charge in [0.15, 0.2) is 0 Å². The number of unbranched alkanes of at least 4 members (excludes halogenated alkanes) is 12. The number of rotatable bonds is 16. The number of allylic oxidation sites excluding steroid dienone is 4. The molecule has 0 aromatic heterocycles. The lowest BCUT2D eigenvalue weighted by atomic mass is 10.1. The van der Waals surface area contributed by atoms with Gasteiger partial charge in [0, 0.05) is 0 Å². The average molecular weight is 293 g/mol. The van der Waals surface area contributed by atoms with E-state index in [4.69, 9.17) is 0 Å². The summed E-state index contributed by atoms with van der Waals surface area (Å²) in [6.45, 7) is 2.28. The monoisotopic (exact) mass is 292 g/mol. The highest BCUT2D eigenvalue weighted by Crippen LogP contribution is 2.12. The van der Waals surface area contributed by atoms with E-state index in [1.54, 1.807) is 6.08 Å². The fraction of sp³-hybridized carbons (Fsp3) is 0.750. The van der Waals surface area contributed by atoms with Gasteiger partial charge in [0.2, 0.25) is 0 Å². The van der Waals surface area contributed by atoms with Crippen LogP contribution in [0.3, 0.4) is 0 Å². The molecule has 0 saturated heterocycles. The fourth-order valence-corrected chi connectivity index (χ4v) is 2.51. The van der Waals surface area contributed by atoms with Gasteiger partial charge in [0.25, 0.3) is 0 Å². The summed E-state index contributed by atoms with van der Waals surface area (Å²) in [5.41, 5.74) is 0. The van der Waals surface area contributed by atoms with E-state index in [0.29, 0.717) is 0 Å². The molecule has 0 aliphatic heterocycles. The van der Waals surface area contributed by atoms with E-state index in [0.717, 1.165) is 19.1 Å². The molecule has 0 aliphatic rings. The summed E-state index contributed by atoms with van der Waals surface area (Å²) in [5, 5.41) is 0. The van der Waals surface area contributed by atoms with Crippen molar-refractivity contribution in [2.45, 2.75) is 96.8 Å². The van der Waals surface area contributed by atoms with Crippen LogP contribution in [0.1, 0.15) is 96.8 Å². The van der Waals surface area contributed by atoms with Crippen LogP contribution in [0.15, 0.2) is 24.3 Å². The third-order valence-corrected chi connectivity index (χ3v) is 3.86. The third kappa shape index (κ3) is 19.1. The van der Waals surface area contributed by atoms with Crippen LogP contribution in [-0.2, 0) is 4.79 Å². The van der Waals surface area contributed by atoms with Crippen molar-refractivity contribution in [2.75, 3.05) is 0 Å². The van der Waals surface area contributed by atoms with Gasteiger partial charge in [0.1, 0.15) is 6.29 Å². The normalized spacial score (nSPS) is 11.7. The Kier molecular flexibility index (Phi) is 18.4. The Morgan fingerprint density at radius 2 is 1.05 bits per heavy atom. The molecule has 0 rings (SSSR count). The van der Waals surface area contributed by atoms with E-state index < -0.39 is 0 Å². The van der Waals surface area contributed by atoms with E-state index in [9.17, 15) is 4.79 Å². The topological polar surface area (TPSA) is 17.1 Å². The molecule has 0 fully saturated rings. The Balaban J connectivity index is 3.06. The first-order chi connectivity index (χ1) is 10.4. The second-order valence-electron chi connectivity index (χ2n) is 5.94. The minimum atomic E-state index is 0.842. The predicted molar refractivity (Wildman–Crippen MR) is 94.7 cm³/mol. The molecule has 0 unspecified atom stereocenters. The molecule has 0 N–H and O–H groups in total. The lowest BCUT2D eigenvalue weighted by molar-refractivity contribution is -0.104. The van der Waals surface area contributed by atoms with Gasteiger partial charge in [-0.15, -0.1) is 0 Å². The molecule has 0 radical (unpaired) electrons. The lowest BCUT2D eigenvalue weighted by Crippen LogP contribution is -1.82. The van der Waals surface area contributed by atoms with Crippen molar-refractivity contribution in [2.24, 2.45) is 0 Å². The molecular formula is C20H36O. The zero-order chi connectivity index (χ0) is 15.4. The van der Waals surface area contributed by atoms with Crippen molar-refractivity contribution < 1.29 is 4.79 Å². The number of hydrogen-bond donors (Lipinski definition) is 0. The van der Waals surface area contributed by atoms with Crippen molar-refractivity contribution >= 4 is 6.29 Å². The number of aldehydes is 1. The summed E-state index contributed by atoms with van der Waals surface area (Å²) in [5.74, 6) is 0. The average Bonchev–Trinajstić information content (AvgIpc) is 2.50. The summed E-state index contributed by atoms with van der Waals surface area (Å²) < 4.78 is 0. The Labute approximate surface area is 132 Å². The maximum absolute atomic E-state index is 10.1. The van der Waals surface area contributed by atoms with Crippen molar-refractivity contribution in [1.82, 2.24) is 0 Å². The fourth-order valence-electron chi connectivity index (χ4n) is 2.51. The predicted octanol–water partition coefficient (Wildman–Crippen LogP) is 6.78. The van der Waals surface area contributed by atoms with Crippen molar-refractivity contribution in [3.63, 3.8) is 0 Å². The third-order valence-electron chi connectivity index (χ3n) is 3.86. The molecule has 0 spiro atoms. The van der Waals surface area contributed by atoms with E-state index in [1.165, 1.54) is 77.0 Å². The summed E-state index contributed by atoms with van der Waals surface area (Å²) in [7, 11) is 0. The number of hydrogen-bond acceptors (Lipinski definition) is 1. The molecule has 1 nitrogen and oxygen atoms in total. The van der Waals surface area contributed by atoms with E-state index >= 15 is 0 Å². The molecule has 0 amide bonds. The molecule has 0 aromatic rings. The molecule has 1 heteroatoms. The molecule has 0 aliphatic carbocycles. The molecule has 21 heavy (non-hydrogen) atoms. The highest BCUT2D eigenvalue weighted by Gasteiger charge is 1.92. The van der Waals surface area contributed by atoms with Gasteiger partial charge in [-0.1, -0.05) is 89.4 Å². The second kappa shape index (κ2) is 19.1. The molecule has 122 valence electrons. The maximum atomic E-state index is 10.1. The Bertz CT molecular complexity index is 253. The van der Waals surface area contributed by atoms with Crippen LogP contribution < -0.4 is 0 Å². The van der Waals surface area contributed by atoms with Crippen LogP contribution in [0.25, 0.3) is 0 Å². The second-order valence-corrected chi connectivity index (χ2v) is 5.94. The summed E-state index contributed by atoms with van der Waals surface area (Å²) in [4.78, 5) is 10.1. The Morgan fingerprint density at radius 3 is 1.62 bits per heavy atom.